The number of hydrogen-bond donors (Lipinski definition) is 3. The Labute approximate surface area is 284 Å². The van der Waals surface area contributed by atoms with Gasteiger partial charge < -0.3 is 25.6 Å². The molecular formula is C32H43ClN8O5S. The van der Waals surface area contributed by atoms with Crippen LogP contribution in [0.15, 0.2) is 53.7 Å². The zero-order chi connectivity index (χ0) is 34.6. The van der Waals surface area contributed by atoms with Crippen LogP contribution in [0.4, 0.5) is 17.6 Å². The lowest BCUT2D eigenvalue weighted by atomic mass is 9.98. The summed E-state index contributed by atoms with van der Waals surface area (Å²) in [6.45, 7) is 12.2. The number of ether oxygens (including phenoxy) is 1. The van der Waals surface area contributed by atoms with Gasteiger partial charge in [0.25, 0.3) is 5.69 Å². The predicted octanol–water partition coefficient (Wildman–Crippen LogP) is 5.70. The van der Waals surface area contributed by atoms with Crippen LogP contribution in [0, 0.1) is 10.1 Å². The zero-order valence-corrected chi connectivity index (χ0v) is 29.2. The number of nitrogens with zero attached hydrogens (tertiary/aromatic N) is 5. The van der Waals surface area contributed by atoms with Crippen molar-refractivity contribution >= 4 is 52.8 Å². The van der Waals surface area contributed by atoms with Gasteiger partial charge in [0.05, 0.1) is 11.5 Å². The Morgan fingerprint density at radius 3 is 2.21 bits per heavy atom. The quantitative estimate of drug-likeness (QED) is 0.0523. The van der Waals surface area contributed by atoms with E-state index in [4.69, 9.17) is 16.3 Å². The number of nitro groups is 1. The largest absolute Gasteiger partial charge is 0.459 e. The van der Waals surface area contributed by atoms with E-state index in [1.807, 2.05) is 58.9 Å². The van der Waals surface area contributed by atoms with Crippen LogP contribution in [-0.4, -0.2) is 74.0 Å². The number of carbonyl (C=O) groups excluding carboxylic acids is 2. The van der Waals surface area contributed by atoms with E-state index in [1.165, 1.54) is 29.7 Å². The van der Waals surface area contributed by atoms with E-state index in [2.05, 4.69) is 30.9 Å². The number of para-hydroxylation sites is 1. The van der Waals surface area contributed by atoms with Crippen LogP contribution in [-0.2, 0) is 26.6 Å². The topological polar surface area (TPSA) is 165 Å². The minimum Gasteiger partial charge on any atom is -0.459 e. The number of amides is 1. The Morgan fingerprint density at radius 2 is 1.62 bits per heavy atom. The number of benzene rings is 2. The van der Waals surface area contributed by atoms with Crippen LogP contribution < -0.4 is 16.0 Å². The van der Waals surface area contributed by atoms with E-state index in [1.54, 1.807) is 18.2 Å². The molecule has 3 aromatic rings. The van der Waals surface area contributed by atoms with E-state index in [0.717, 1.165) is 5.56 Å². The van der Waals surface area contributed by atoms with Gasteiger partial charge in [-0.3, -0.25) is 19.7 Å². The molecule has 1 unspecified atom stereocenters. The van der Waals surface area contributed by atoms with Gasteiger partial charge in [0.2, 0.25) is 17.8 Å². The second kappa shape index (κ2) is 17.2. The van der Waals surface area contributed by atoms with Crippen molar-refractivity contribution < 1.29 is 19.2 Å². The Morgan fingerprint density at radius 1 is 0.979 bits per heavy atom. The lowest BCUT2D eigenvalue weighted by Crippen LogP contribution is -2.53. The molecule has 1 aromatic heterocycles. The van der Waals surface area contributed by atoms with E-state index < -0.39 is 16.1 Å². The Bertz CT molecular complexity index is 1520. The summed E-state index contributed by atoms with van der Waals surface area (Å²) < 4.78 is 5.60. The fraction of sp³-hybridized carbons (Fsp3) is 0.469. The lowest BCUT2D eigenvalue weighted by molar-refractivity contribution is -0.385. The molecule has 0 fully saturated rings. The average molecular weight is 687 g/mol. The van der Waals surface area contributed by atoms with Crippen molar-refractivity contribution in [3.8, 4) is 0 Å². The van der Waals surface area contributed by atoms with Crippen LogP contribution in [0.2, 0.25) is 5.02 Å². The molecule has 0 saturated carbocycles. The van der Waals surface area contributed by atoms with E-state index in [-0.39, 0.29) is 37.2 Å². The maximum Gasteiger partial charge on any atom is 0.326 e. The minimum atomic E-state index is -0.858. The zero-order valence-electron chi connectivity index (χ0n) is 27.6. The van der Waals surface area contributed by atoms with Crippen molar-refractivity contribution in [1.82, 2.24) is 25.2 Å². The summed E-state index contributed by atoms with van der Waals surface area (Å²) in [5, 5.41) is 22.2. The van der Waals surface area contributed by atoms with E-state index in [0.29, 0.717) is 52.9 Å². The number of halogens is 1. The van der Waals surface area contributed by atoms with E-state index in [9.17, 15) is 19.7 Å². The fourth-order valence-electron chi connectivity index (χ4n) is 4.23. The first-order valence-electron chi connectivity index (χ1n) is 15.3. The molecule has 3 rings (SSSR count). The van der Waals surface area contributed by atoms with Gasteiger partial charge in [-0.1, -0.05) is 60.6 Å². The van der Waals surface area contributed by atoms with Gasteiger partial charge in [0.15, 0.2) is 5.16 Å². The highest BCUT2D eigenvalue weighted by Crippen LogP contribution is 2.23. The van der Waals surface area contributed by atoms with Gasteiger partial charge in [-0.2, -0.15) is 15.0 Å². The number of nitrogens with one attached hydrogen (secondary N) is 3. The lowest BCUT2D eigenvalue weighted by Gasteiger charge is -2.31. The van der Waals surface area contributed by atoms with Gasteiger partial charge in [-0.15, -0.1) is 0 Å². The molecule has 47 heavy (non-hydrogen) atoms. The monoisotopic (exact) mass is 686 g/mol. The van der Waals surface area contributed by atoms with Gasteiger partial charge in [0.1, 0.15) is 11.1 Å². The first-order valence-corrected chi connectivity index (χ1v) is 16.6. The van der Waals surface area contributed by atoms with Crippen LogP contribution in [0.3, 0.4) is 0 Å². The van der Waals surface area contributed by atoms with Crippen molar-refractivity contribution in [3.63, 3.8) is 0 Å². The number of carbonyl (C=O) groups is 2. The molecular weight excluding hydrogens is 644 g/mol. The molecule has 254 valence electrons. The number of thioether (sulfide) groups is 1. The minimum absolute atomic E-state index is 0.0397. The predicted molar refractivity (Wildman–Crippen MR) is 185 cm³/mol. The highest BCUT2D eigenvalue weighted by molar-refractivity contribution is 7.98. The maximum atomic E-state index is 12.8. The molecule has 13 nitrogen and oxygen atoms in total. The van der Waals surface area contributed by atoms with Gasteiger partial charge in [-0.25, -0.2) is 0 Å². The Balaban J connectivity index is 1.69. The SMILES string of the molecule is CCC(C)(NCCNc1nc(NCCN(Cc2ccccc2[N+](=O)[O-])C(C)=O)nc(SCc2ccc(Cl)cc2)n1)C(=O)OC(C)(C)C. The standard InChI is InChI=1S/C32H43ClN8O5S/c1-7-32(6,27(43)46-31(3,4)5)36-17-16-34-28-37-29(39-30(38-28)47-21-23-12-14-25(33)15-13-23)35-18-19-40(22(2)42)20-24-10-8-9-11-26(24)41(44)45/h8-15,36H,7,16-21H2,1-6H3,(H2,34,35,37,38,39). The van der Waals surface area contributed by atoms with Gasteiger partial charge >= 0.3 is 5.97 Å². The smallest absolute Gasteiger partial charge is 0.326 e. The number of hydrogen-bond acceptors (Lipinski definition) is 12. The highest BCUT2D eigenvalue weighted by atomic mass is 35.5. The number of nitro benzene ring substituents is 1. The van der Waals surface area contributed by atoms with Gasteiger partial charge in [-0.05, 0) is 51.8 Å². The Hall–Kier alpha value is -4.01. The molecule has 0 saturated heterocycles. The first-order chi connectivity index (χ1) is 22.2. The molecule has 1 amide bonds. The third-order valence-corrected chi connectivity index (χ3v) is 8.21. The van der Waals surface area contributed by atoms with Crippen molar-refractivity contribution in [2.24, 2.45) is 0 Å². The molecule has 0 radical (unpaired) electrons. The second-order valence-electron chi connectivity index (χ2n) is 12.0. The summed E-state index contributed by atoms with van der Waals surface area (Å²) in [7, 11) is 0. The number of aromatic nitrogens is 3. The third-order valence-electron chi connectivity index (χ3n) is 7.04. The number of anilines is 2. The fourth-order valence-corrected chi connectivity index (χ4v) is 5.15. The maximum absolute atomic E-state index is 12.8. The molecule has 3 N–H and O–H groups in total. The van der Waals surface area contributed by atoms with Crippen LogP contribution in [0.25, 0.3) is 0 Å². The van der Waals surface area contributed by atoms with Crippen LogP contribution in [0.5, 0.6) is 0 Å². The molecule has 0 aliphatic rings. The normalized spacial score (nSPS) is 12.6. The average Bonchev–Trinajstić information content (AvgIpc) is 3.01. The van der Waals surface area contributed by atoms with Crippen molar-refractivity contribution in [3.05, 3.63) is 74.8 Å². The number of esters is 1. The van der Waals surface area contributed by atoms with Gasteiger partial charge in [0, 0.05) is 55.5 Å². The highest BCUT2D eigenvalue weighted by Gasteiger charge is 2.35. The Kier molecular flexibility index (Phi) is 13.7. The third kappa shape index (κ3) is 12.3. The van der Waals surface area contributed by atoms with Crippen molar-refractivity contribution in [1.29, 1.82) is 0 Å². The molecule has 0 aliphatic heterocycles. The second-order valence-corrected chi connectivity index (χ2v) is 13.4. The molecule has 15 heteroatoms. The summed E-state index contributed by atoms with van der Waals surface area (Å²) in [6.07, 6.45) is 0.544. The van der Waals surface area contributed by atoms with Crippen molar-refractivity contribution in [2.75, 3.05) is 36.8 Å². The molecule has 0 aliphatic carbocycles. The molecule has 2 aromatic carbocycles. The summed E-state index contributed by atoms with van der Waals surface area (Å²) in [4.78, 5) is 51.4. The van der Waals surface area contributed by atoms with E-state index >= 15 is 0 Å². The van der Waals surface area contributed by atoms with Crippen LogP contribution in [0.1, 0.15) is 59.1 Å². The summed E-state index contributed by atoms with van der Waals surface area (Å²) >= 11 is 7.45. The van der Waals surface area contributed by atoms with Crippen molar-refractivity contribution in [2.45, 2.75) is 76.6 Å². The summed E-state index contributed by atoms with van der Waals surface area (Å²) in [6, 6.07) is 13.9. The molecule has 0 bridgehead atoms. The summed E-state index contributed by atoms with van der Waals surface area (Å²) in [5.41, 5.74) is -0.00536. The first kappa shape index (κ1) is 37.4. The summed E-state index contributed by atoms with van der Waals surface area (Å²) in [5.74, 6) is 0.694. The molecule has 1 heterocycles. The molecule has 0 spiro atoms. The van der Waals surface area contributed by atoms with Crippen LogP contribution >= 0.6 is 23.4 Å². The number of rotatable bonds is 17. The molecule has 1 atom stereocenters.